The average Bonchev–Trinajstić information content (AvgIpc) is 2.88. The van der Waals surface area contributed by atoms with E-state index in [0.717, 1.165) is 5.56 Å². The molecule has 0 spiro atoms. The van der Waals surface area contributed by atoms with Crippen molar-refractivity contribution >= 4 is 17.7 Å². The van der Waals surface area contributed by atoms with Crippen molar-refractivity contribution in [2.45, 2.75) is 19.6 Å². The molecule has 174 valence electrons. The van der Waals surface area contributed by atoms with Gasteiger partial charge >= 0.3 is 12.0 Å². The third kappa shape index (κ3) is 5.04. The van der Waals surface area contributed by atoms with Crippen molar-refractivity contribution in [3.8, 4) is 11.5 Å². The monoisotopic (exact) mass is 458 g/mol. The van der Waals surface area contributed by atoms with E-state index in [9.17, 15) is 9.59 Å². The zero-order valence-electron chi connectivity index (χ0n) is 19.0. The molecule has 4 rings (SSSR count). The van der Waals surface area contributed by atoms with Crippen molar-refractivity contribution in [3.63, 3.8) is 0 Å². The molecule has 7 heteroatoms. The van der Waals surface area contributed by atoms with Crippen LogP contribution in [-0.4, -0.2) is 25.7 Å². The molecular formula is C27H26N2O5. The van der Waals surface area contributed by atoms with E-state index in [-0.39, 0.29) is 6.61 Å². The number of methoxy groups -OCH3 is 1. The number of rotatable bonds is 8. The van der Waals surface area contributed by atoms with Gasteiger partial charge in [0.05, 0.1) is 31.0 Å². The minimum atomic E-state index is -0.767. The summed E-state index contributed by atoms with van der Waals surface area (Å²) in [6.45, 7) is 2.29. The number of para-hydroxylation sites is 1. The van der Waals surface area contributed by atoms with Crippen LogP contribution in [0.3, 0.4) is 0 Å². The summed E-state index contributed by atoms with van der Waals surface area (Å²) in [5.74, 6) is 0.705. The minimum absolute atomic E-state index is 0.199. The lowest BCUT2D eigenvalue weighted by Gasteiger charge is -2.30. The summed E-state index contributed by atoms with van der Waals surface area (Å²) in [6.07, 6.45) is 0. The van der Waals surface area contributed by atoms with Gasteiger partial charge in [-0.2, -0.15) is 0 Å². The van der Waals surface area contributed by atoms with Crippen LogP contribution in [0.4, 0.5) is 4.79 Å². The number of benzene rings is 3. The van der Waals surface area contributed by atoms with Crippen LogP contribution < -0.4 is 20.1 Å². The number of ether oxygens (including phenoxy) is 3. The lowest BCUT2D eigenvalue weighted by atomic mass is 9.92. The fraction of sp³-hybridized carbons (Fsp3) is 0.185. The molecule has 1 heterocycles. The average molecular weight is 459 g/mol. The first kappa shape index (κ1) is 22.9. The van der Waals surface area contributed by atoms with Gasteiger partial charge in [0.2, 0.25) is 0 Å². The Hall–Kier alpha value is -4.26. The predicted molar refractivity (Wildman–Crippen MR) is 128 cm³/mol. The van der Waals surface area contributed by atoms with Crippen LogP contribution in [-0.2, 0) is 16.1 Å². The second-order valence-electron chi connectivity index (χ2n) is 7.58. The van der Waals surface area contributed by atoms with Crippen LogP contribution in [0.1, 0.15) is 29.7 Å². The number of hydrogen-bond acceptors (Lipinski definition) is 5. The van der Waals surface area contributed by atoms with E-state index in [4.69, 9.17) is 14.2 Å². The molecule has 1 aliphatic heterocycles. The second kappa shape index (κ2) is 10.6. The molecule has 0 bridgehead atoms. The van der Waals surface area contributed by atoms with E-state index in [1.165, 1.54) is 0 Å². The van der Waals surface area contributed by atoms with Gasteiger partial charge in [0, 0.05) is 5.56 Å². The molecule has 2 amide bonds. The number of esters is 1. The Morgan fingerprint density at radius 2 is 1.65 bits per heavy atom. The first-order valence-corrected chi connectivity index (χ1v) is 11.0. The summed E-state index contributed by atoms with van der Waals surface area (Å²) in [5, 5.41) is 5.65. The van der Waals surface area contributed by atoms with Gasteiger partial charge in [0.25, 0.3) is 0 Å². The highest BCUT2D eigenvalue weighted by atomic mass is 16.5. The quantitative estimate of drug-likeness (QED) is 0.482. The molecule has 7 nitrogen and oxygen atoms in total. The maximum Gasteiger partial charge on any atom is 0.338 e. The number of nitrogens with one attached hydrogen (secondary N) is 2. The molecule has 2 N–H and O–H groups in total. The maximum absolute atomic E-state index is 13.1. The minimum Gasteiger partial charge on any atom is -0.497 e. The Balaban J connectivity index is 1.77. The molecule has 0 fully saturated rings. The van der Waals surface area contributed by atoms with Gasteiger partial charge in [-0.05, 0) is 48.4 Å². The highest BCUT2D eigenvalue weighted by Crippen LogP contribution is 2.36. The molecule has 0 aliphatic carbocycles. The normalized spacial score (nSPS) is 15.2. The number of urea groups is 1. The Labute approximate surface area is 198 Å². The van der Waals surface area contributed by atoms with Crippen molar-refractivity contribution in [1.82, 2.24) is 10.6 Å². The predicted octanol–water partition coefficient (Wildman–Crippen LogP) is 4.60. The Morgan fingerprint density at radius 3 is 2.35 bits per heavy atom. The zero-order valence-corrected chi connectivity index (χ0v) is 19.0. The standard InChI is InChI=1S/C27H26N2O5/c1-3-33-26(30)23-24(19-13-15-20(32-2)16-14-19)28-27(31)29-25(23)21-11-7-8-12-22(21)34-17-18-9-5-4-6-10-18/h4-16,25H,3,17H2,1-2H3,(H2,28,29,31). The molecule has 0 saturated carbocycles. The van der Waals surface area contributed by atoms with E-state index in [1.807, 2.05) is 54.6 Å². The molecule has 1 unspecified atom stereocenters. The number of carbonyl (C=O) groups is 2. The van der Waals surface area contributed by atoms with Gasteiger partial charge in [-0.25, -0.2) is 9.59 Å². The largest absolute Gasteiger partial charge is 0.497 e. The summed E-state index contributed by atoms with van der Waals surface area (Å²) in [7, 11) is 1.58. The topological polar surface area (TPSA) is 85.9 Å². The van der Waals surface area contributed by atoms with Gasteiger partial charge in [0.15, 0.2) is 0 Å². The van der Waals surface area contributed by atoms with Crippen molar-refractivity contribution in [2.75, 3.05) is 13.7 Å². The van der Waals surface area contributed by atoms with Crippen molar-refractivity contribution in [3.05, 3.63) is 101 Å². The SMILES string of the molecule is CCOC(=O)C1=C(c2ccc(OC)cc2)NC(=O)NC1c1ccccc1OCc1ccccc1. The molecular weight excluding hydrogens is 432 g/mol. The highest BCUT2D eigenvalue weighted by Gasteiger charge is 2.35. The smallest absolute Gasteiger partial charge is 0.338 e. The van der Waals surface area contributed by atoms with Gasteiger partial charge in [-0.3, -0.25) is 0 Å². The molecule has 3 aromatic rings. The lowest BCUT2D eigenvalue weighted by Crippen LogP contribution is -2.45. The van der Waals surface area contributed by atoms with Crippen LogP contribution in [0.25, 0.3) is 5.70 Å². The summed E-state index contributed by atoms with van der Waals surface area (Å²) >= 11 is 0. The summed E-state index contributed by atoms with van der Waals surface area (Å²) in [5.41, 5.74) is 3.00. The van der Waals surface area contributed by atoms with Crippen LogP contribution in [0.5, 0.6) is 11.5 Å². The summed E-state index contributed by atoms with van der Waals surface area (Å²) in [4.78, 5) is 25.8. The highest BCUT2D eigenvalue weighted by molar-refractivity contribution is 6.04. The molecule has 3 aromatic carbocycles. The third-order valence-corrected chi connectivity index (χ3v) is 5.41. The van der Waals surface area contributed by atoms with E-state index in [1.54, 1.807) is 38.3 Å². The van der Waals surface area contributed by atoms with Crippen molar-refractivity contribution in [1.29, 1.82) is 0 Å². The van der Waals surface area contributed by atoms with Crippen LogP contribution in [0, 0.1) is 0 Å². The Morgan fingerprint density at radius 1 is 0.941 bits per heavy atom. The summed E-state index contributed by atoms with van der Waals surface area (Å²) in [6, 6.07) is 23.0. The molecule has 0 saturated heterocycles. The second-order valence-corrected chi connectivity index (χ2v) is 7.58. The number of amides is 2. The van der Waals surface area contributed by atoms with Crippen LogP contribution in [0.15, 0.2) is 84.4 Å². The van der Waals surface area contributed by atoms with Crippen molar-refractivity contribution in [2.24, 2.45) is 0 Å². The number of hydrogen-bond donors (Lipinski definition) is 2. The third-order valence-electron chi connectivity index (χ3n) is 5.41. The fourth-order valence-corrected chi connectivity index (χ4v) is 3.80. The van der Waals surface area contributed by atoms with Crippen LogP contribution >= 0.6 is 0 Å². The van der Waals surface area contributed by atoms with E-state index in [0.29, 0.717) is 40.5 Å². The van der Waals surface area contributed by atoms with Crippen molar-refractivity contribution < 1.29 is 23.8 Å². The Bertz CT molecular complexity index is 1190. The van der Waals surface area contributed by atoms with E-state index >= 15 is 0 Å². The first-order valence-electron chi connectivity index (χ1n) is 11.0. The summed E-state index contributed by atoms with van der Waals surface area (Å²) < 4.78 is 16.7. The first-order chi connectivity index (χ1) is 16.6. The Kier molecular flexibility index (Phi) is 7.13. The molecule has 1 atom stereocenters. The molecule has 34 heavy (non-hydrogen) atoms. The van der Waals surface area contributed by atoms with E-state index in [2.05, 4.69) is 10.6 Å². The zero-order chi connectivity index (χ0) is 23.9. The van der Waals surface area contributed by atoms with E-state index < -0.39 is 18.0 Å². The van der Waals surface area contributed by atoms with Gasteiger partial charge < -0.3 is 24.8 Å². The van der Waals surface area contributed by atoms with Gasteiger partial charge in [-0.1, -0.05) is 48.5 Å². The fourth-order valence-electron chi connectivity index (χ4n) is 3.80. The van der Waals surface area contributed by atoms with Gasteiger partial charge in [0.1, 0.15) is 18.1 Å². The van der Waals surface area contributed by atoms with Gasteiger partial charge in [-0.15, -0.1) is 0 Å². The number of carbonyl (C=O) groups excluding carboxylic acids is 2. The molecule has 1 aliphatic rings. The molecule has 0 radical (unpaired) electrons. The lowest BCUT2D eigenvalue weighted by molar-refractivity contribution is -0.138. The maximum atomic E-state index is 13.1. The van der Waals surface area contributed by atoms with Crippen LogP contribution in [0.2, 0.25) is 0 Å². The molecule has 0 aromatic heterocycles.